The van der Waals surface area contributed by atoms with Gasteiger partial charge in [0.2, 0.25) is 0 Å². The number of para-hydroxylation sites is 2. The summed E-state index contributed by atoms with van der Waals surface area (Å²) in [6.45, 7) is 0. The highest BCUT2D eigenvalue weighted by atomic mass is 16.2. The lowest BCUT2D eigenvalue weighted by molar-refractivity contribution is 0.0827. The number of hydrogen-bond acceptors (Lipinski definition) is 3. The molecule has 6 heteroatoms. The van der Waals surface area contributed by atoms with Crippen molar-refractivity contribution in [2.45, 2.75) is 0 Å². The van der Waals surface area contributed by atoms with Crippen LogP contribution < -0.4 is 5.32 Å². The van der Waals surface area contributed by atoms with Crippen LogP contribution in [0.3, 0.4) is 0 Å². The summed E-state index contributed by atoms with van der Waals surface area (Å²) in [5, 5.41) is 2.85. The second-order valence-electron chi connectivity index (χ2n) is 6.88. The first-order valence-electron chi connectivity index (χ1n) is 9.18. The van der Waals surface area contributed by atoms with E-state index >= 15 is 0 Å². The zero-order chi connectivity index (χ0) is 20.4. The third-order valence-corrected chi connectivity index (χ3v) is 4.63. The smallest absolute Gasteiger partial charge is 0.255 e. The molecule has 0 spiro atoms. The topological polar surface area (TPSA) is 67.2 Å². The van der Waals surface area contributed by atoms with Crippen LogP contribution in [0.15, 0.2) is 79.1 Å². The number of hydrogen-bond donors (Lipinski definition) is 1. The minimum Gasteiger partial charge on any atom is -0.345 e. The summed E-state index contributed by atoms with van der Waals surface area (Å²) < 4.78 is 1.98. The molecule has 6 nitrogen and oxygen atoms in total. The summed E-state index contributed by atoms with van der Waals surface area (Å²) in [7, 11) is 3.39. The van der Waals surface area contributed by atoms with Crippen LogP contribution in [0.1, 0.15) is 20.7 Å². The number of amides is 2. The number of anilines is 1. The number of carbonyl (C=O) groups is 2. The molecule has 2 amide bonds. The highest BCUT2D eigenvalue weighted by Gasteiger charge is 2.11. The van der Waals surface area contributed by atoms with Gasteiger partial charge in [0.25, 0.3) is 11.8 Å². The van der Waals surface area contributed by atoms with Crippen LogP contribution in [0.5, 0.6) is 0 Å². The van der Waals surface area contributed by atoms with E-state index in [0.29, 0.717) is 16.8 Å². The van der Waals surface area contributed by atoms with E-state index in [4.69, 9.17) is 0 Å². The first-order valence-corrected chi connectivity index (χ1v) is 9.18. The monoisotopic (exact) mass is 384 g/mol. The Kier molecular flexibility index (Phi) is 4.83. The van der Waals surface area contributed by atoms with Crippen molar-refractivity contribution in [2.75, 3.05) is 19.4 Å². The lowest BCUT2D eigenvalue weighted by Gasteiger charge is -2.12. The Hall–Kier alpha value is -3.93. The molecule has 0 unspecified atom stereocenters. The van der Waals surface area contributed by atoms with Gasteiger partial charge in [0, 0.05) is 36.6 Å². The molecular formula is C23H20N4O2. The lowest BCUT2D eigenvalue weighted by atomic mass is 10.1. The number of aromatic nitrogens is 2. The second kappa shape index (κ2) is 7.59. The Morgan fingerprint density at radius 2 is 1.66 bits per heavy atom. The Morgan fingerprint density at radius 3 is 2.41 bits per heavy atom. The summed E-state index contributed by atoms with van der Waals surface area (Å²) in [6, 6.07) is 22.1. The van der Waals surface area contributed by atoms with E-state index in [1.807, 2.05) is 41.0 Å². The molecule has 4 aromatic rings. The van der Waals surface area contributed by atoms with Crippen molar-refractivity contribution in [3.63, 3.8) is 0 Å². The fraction of sp³-hybridized carbons (Fsp3) is 0.0870. The number of imidazole rings is 1. The fourth-order valence-corrected chi connectivity index (χ4v) is 3.13. The van der Waals surface area contributed by atoms with E-state index in [1.54, 1.807) is 56.8 Å². The Labute approximate surface area is 168 Å². The van der Waals surface area contributed by atoms with E-state index in [9.17, 15) is 9.59 Å². The van der Waals surface area contributed by atoms with Crippen LogP contribution in [-0.4, -0.2) is 40.4 Å². The maximum Gasteiger partial charge on any atom is 0.255 e. The summed E-state index contributed by atoms with van der Waals surface area (Å²) >= 11 is 0. The quantitative estimate of drug-likeness (QED) is 0.579. The molecule has 0 fully saturated rings. The maximum atomic E-state index is 12.6. The zero-order valence-corrected chi connectivity index (χ0v) is 16.2. The van der Waals surface area contributed by atoms with Crippen LogP contribution in [0.4, 0.5) is 5.69 Å². The number of benzene rings is 3. The fourth-order valence-electron chi connectivity index (χ4n) is 3.13. The molecule has 144 valence electrons. The van der Waals surface area contributed by atoms with Gasteiger partial charge in [-0.1, -0.05) is 18.2 Å². The van der Waals surface area contributed by atoms with Gasteiger partial charge in [-0.05, 0) is 54.6 Å². The molecule has 1 N–H and O–H groups in total. The molecule has 0 saturated heterocycles. The van der Waals surface area contributed by atoms with Crippen molar-refractivity contribution in [3.05, 3.63) is 90.3 Å². The van der Waals surface area contributed by atoms with Gasteiger partial charge in [-0.2, -0.15) is 0 Å². The summed E-state index contributed by atoms with van der Waals surface area (Å²) in [5.74, 6) is -0.348. The predicted octanol–water partition coefficient (Wildman–Crippen LogP) is 3.98. The molecule has 0 atom stereocenters. The molecule has 0 aliphatic rings. The zero-order valence-electron chi connectivity index (χ0n) is 16.2. The van der Waals surface area contributed by atoms with E-state index in [-0.39, 0.29) is 11.8 Å². The average Bonchev–Trinajstić information content (AvgIpc) is 3.17. The molecule has 3 aromatic carbocycles. The molecule has 0 saturated carbocycles. The number of carbonyl (C=O) groups excluding carboxylic acids is 2. The van der Waals surface area contributed by atoms with Gasteiger partial charge in [0.1, 0.15) is 6.33 Å². The predicted molar refractivity (Wildman–Crippen MR) is 113 cm³/mol. The molecule has 29 heavy (non-hydrogen) atoms. The van der Waals surface area contributed by atoms with E-state index in [1.165, 1.54) is 4.90 Å². The highest BCUT2D eigenvalue weighted by molar-refractivity contribution is 6.05. The summed E-state index contributed by atoms with van der Waals surface area (Å²) in [5.41, 5.74) is 4.48. The minimum absolute atomic E-state index is 0.113. The van der Waals surface area contributed by atoms with Crippen LogP contribution in [0.25, 0.3) is 16.7 Å². The van der Waals surface area contributed by atoms with Gasteiger partial charge in [0.05, 0.1) is 11.0 Å². The minimum atomic E-state index is -0.235. The number of nitrogens with one attached hydrogen (secondary N) is 1. The van der Waals surface area contributed by atoms with E-state index in [2.05, 4.69) is 10.3 Å². The van der Waals surface area contributed by atoms with Crippen molar-refractivity contribution in [3.8, 4) is 5.69 Å². The third kappa shape index (κ3) is 3.73. The van der Waals surface area contributed by atoms with E-state index < -0.39 is 0 Å². The number of rotatable bonds is 4. The molecule has 0 aliphatic carbocycles. The van der Waals surface area contributed by atoms with E-state index in [0.717, 1.165) is 16.7 Å². The summed E-state index contributed by atoms with van der Waals surface area (Å²) in [6.07, 6.45) is 1.77. The molecule has 0 bridgehead atoms. The second-order valence-corrected chi connectivity index (χ2v) is 6.88. The lowest BCUT2D eigenvalue weighted by Crippen LogP contribution is -2.21. The Morgan fingerprint density at radius 1 is 0.897 bits per heavy atom. The molecule has 0 aliphatic heterocycles. The molecule has 1 aromatic heterocycles. The normalized spacial score (nSPS) is 10.7. The maximum absolute atomic E-state index is 12.6. The number of fused-ring (bicyclic) bond motifs is 1. The first-order chi connectivity index (χ1) is 14.0. The Balaban J connectivity index is 1.53. The summed E-state index contributed by atoms with van der Waals surface area (Å²) in [4.78, 5) is 30.6. The SMILES string of the molecule is CN(C)C(=O)c1cccc(NC(=O)c2ccc(-n3cnc4ccccc43)cc2)c1. The van der Waals surface area contributed by atoms with Crippen molar-refractivity contribution in [1.82, 2.24) is 14.5 Å². The molecule has 0 radical (unpaired) electrons. The van der Waals surface area contributed by atoms with Gasteiger partial charge in [-0.3, -0.25) is 14.2 Å². The van der Waals surface area contributed by atoms with Crippen LogP contribution in [-0.2, 0) is 0 Å². The van der Waals surface area contributed by atoms with Crippen molar-refractivity contribution < 1.29 is 9.59 Å². The molecular weight excluding hydrogens is 364 g/mol. The van der Waals surface area contributed by atoms with Crippen molar-refractivity contribution >= 4 is 28.5 Å². The molecule has 1 heterocycles. The van der Waals surface area contributed by atoms with Gasteiger partial charge in [-0.25, -0.2) is 4.98 Å². The largest absolute Gasteiger partial charge is 0.345 e. The van der Waals surface area contributed by atoms with Crippen LogP contribution in [0, 0.1) is 0 Å². The van der Waals surface area contributed by atoms with Gasteiger partial charge in [0.15, 0.2) is 0 Å². The van der Waals surface area contributed by atoms with Gasteiger partial charge in [-0.15, -0.1) is 0 Å². The number of nitrogens with zero attached hydrogens (tertiary/aromatic N) is 3. The van der Waals surface area contributed by atoms with Crippen molar-refractivity contribution in [2.24, 2.45) is 0 Å². The first kappa shape index (κ1) is 18.4. The third-order valence-electron chi connectivity index (χ3n) is 4.63. The molecule has 4 rings (SSSR count). The Bertz CT molecular complexity index is 1190. The van der Waals surface area contributed by atoms with Gasteiger partial charge < -0.3 is 10.2 Å². The van der Waals surface area contributed by atoms with Crippen molar-refractivity contribution in [1.29, 1.82) is 0 Å². The van der Waals surface area contributed by atoms with Crippen LogP contribution >= 0.6 is 0 Å². The average molecular weight is 384 g/mol. The standard InChI is InChI=1S/C23H20N4O2/c1-26(2)23(29)17-6-5-7-18(14-17)25-22(28)16-10-12-19(13-11-16)27-15-24-20-8-3-4-9-21(20)27/h3-15H,1-2H3,(H,25,28). The van der Waals surface area contributed by atoms with Crippen LogP contribution in [0.2, 0.25) is 0 Å². The highest BCUT2D eigenvalue weighted by Crippen LogP contribution is 2.19. The van der Waals surface area contributed by atoms with Gasteiger partial charge >= 0.3 is 0 Å².